The van der Waals surface area contributed by atoms with E-state index in [9.17, 15) is 14.7 Å². The molecule has 1 amide bonds. The number of benzene rings is 2. The van der Waals surface area contributed by atoms with Gasteiger partial charge in [-0.25, -0.2) is 0 Å². The first-order valence-electron chi connectivity index (χ1n) is 9.11. The summed E-state index contributed by atoms with van der Waals surface area (Å²) < 4.78 is 6.03. The standard InChI is InChI=1S/C22H19NO4/c24-20-18-17(21(25)26)16-11-12-22(18,27-16)13-23(20)19(14-7-3-1-4-8-14)15-9-5-2-6-10-15/h1-12,16-19H,13H2,(H,25,26)/t16-,17-,18+,22+/m0/s1. The first-order valence-corrected chi connectivity index (χ1v) is 9.11. The summed E-state index contributed by atoms with van der Waals surface area (Å²) in [6.45, 7) is 0.363. The summed E-state index contributed by atoms with van der Waals surface area (Å²) >= 11 is 0. The molecule has 2 bridgehead atoms. The lowest BCUT2D eigenvalue weighted by atomic mass is 9.77. The summed E-state index contributed by atoms with van der Waals surface area (Å²) in [6.07, 6.45) is 3.18. The van der Waals surface area contributed by atoms with Crippen molar-refractivity contribution < 1.29 is 19.4 Å². The van der Waals surface area contributed by atoms with E-state index >= 15 is 0 Å². The lowest BCUT2D eigenvalue weighted by Gasteiger charge is -2.31. The zero-order valence-corrected chi connectivity index (χ0v) is 14.6. The van der Waals surface area contributed by atoms with Gasteiger partial charge in [0.15, 0.2) is 0 Å². The van der Waals surface area contributed by atoms with Crippen molar-refractivity contribution in [2.45, 2.75) is 17.7 Å². The van der Waals surface area contributed by atoms with E-state index < -0.39 is 29.5 Å². The van der Waals surface area contributed by atoms with Crippen molar-refractivity contribution in [1.82, 2.24) is 4.90 Å². The van der Waals surface area contributed by atoms with Crippen LogP contribution in [0, 0.1) is 11.8 Å². The molecule has 5 rings (SSSR count). The molecule has 5 nitrogen and oxygen atoms in total. The fourth-order valence-electron chi connectivity index (χ4n) is 4.85. The highest BCUT2D eigenvalue weighted by molar-refractivity contribution is 5.91. The van der Waals surface area contributed by atoms with E-state index in [2.05, 4.69) is 0 Å². The maximum atomic E-state index is 13.4. The molecule has 136 valence electrons. The van der Waals surface area contributed by atoms with Crippen LogP contribution in [0.15, 0.2) is 72.8 Å². The maximum absolute atomic E-state index is 13.4. The number of fused-ring (bicyclic) bond motifs is 1. The van der Waals surface area contributed by atoms with Crippen molar-refractivity contribution in [3.8, 4) is 0 Å². The smallest absolute Gasteiger partial charge is 0.310 e. The van der Waals surface area contributed by atoms with Gasteiger partial charge in [0, 0.05) is 0 Å². The van der Waals surface area contributed by atoms with Crippen LogP contribution in [0.4, 0.5) is 0 Å². The van der Waals surface area contributed by atoms with E-state index in [4.69, 9.17) is 4.74 Å². The van der Waals surface area contributed by atoms with E-state index in [0.717, 1.165) is 11.1 Å². The first kappa shape index (κ1) is 16.3. The second kappa shape index (κ2) is 5.79. The number of hydrogen-bond donors (Lipinski definition) is 1. The van der Waals surface area contributed by atoms with Crippen LogP contribution in [-0.4, -0.2) is 40.1 Å². The van der Waals surface area contributed by atoms with Crippen LogP contribution >= 0.6 is 0 Å². The topological polar surface area (TPSA) is 66.8 Å². The SMILES string of the molecule is O=C(O)[C@H]1[C@@H]2C=C[C@]3(CN(C(c4ccccc4)c4ccccc4)C(=O)[C@@H]13)O2. The molecular formula is C22H19NO4. The minimum Gasteiger partial charge on any atom is -0.481 e. The van der Waals surface area contributed by atoms with Crippen LogP contribution in [-0.2, 0) is 14.3 Å². The lowest BCUT2D eigenvalue weighted by Crippen LogP contribution is -2.39. The molecule has 0 unspecified atom stereocenters. The Bertz CT molecular complexity index is 886. The average Bonchev–Trinajstić information content (AvgIpc) is 3.32. The van der Waals surface area contributed by atoms with Crippen molar-refractivity contribution in [1.29, 1.82) is 0 Å². The summed E-state index contributed by atoms with van der Waals surface area (Å²) in [6, 6.07) is 19.4. The molecule has 3 aliphatic rings. The van der Waals surface area contributed by atoms with Gasteiger partial charge >= 0.3 is 5.97 Å². The molecule has 3 heterocycles. The molecule has 3 aliphatic heterocycles. The zero-order chi connectivity index (χ0) is 18.6. The number of amides is 1. The number of carbonyl (C=O) groups is 2. The molecular weight excluding hydrogens is 342 g/mol. The van der Waals surface area contributed by atoms with Gasteiger partial charge in [0.2, 0.25) is 5.91 Å². The molecule has 5 heteroatoms. The van der Waals surface area contributed by atoms with Gasteiger partial charge in [0.1, 0.15) is 11.5 Å². The Labute approximate surface area is 156 Å². The van der Waals surface area contributed by atoms with Gasteiger partial charge in [-0.05, 0) is 11.1 Å². The first-order chi connectivity index (χ1) is 13.1. The number of aliphatic carboxylic acids is 1. The maximum Gasteiger partial charge on any atom is 0.310 e. The molecule has 1 spiro atoms. The monoisotopic (exact) mass is 361 g/mol. The minimum atomic E-state index is -0.970. The normalized spacial score (nSPS) is 30.9. The van der Waals surface area contributed by atoms with Crippen LogP contribution in [0.25, 0.3) is 0 Å². The second-order valence-electron chi connectivity index (χ2n) is 7.43. The molecule has 4 atom stereocenters. The van der Waals surface area contributed by atoms with E-state index in [1.54, 1.807) is 11.0 Å². The molecule has 0 saturated carbocycles. The summed E-state index contributed by atoms with van der Waals surface area (Å²) in [5, 5.41) is 9.67. The summed E-state index contributed by atoms with van der Waals surface area (Å²) in [5.74, 6) is -2.60. The Morgan fingerprint density at radius 3 is 2.22 bits per heavy atom. The third kappa shape index (κ3) is 2.28. The molecule has 2 fully saturated rings. The highest BCUT2D eigenvalue weighted by atomic mass is 16.5. The number of carboxylic acids is 1. The third-order valence-corrected chi connectivity index (χ3v) is 5.96. The van der Waals surface area contributed by atoms with Crippen LogP contribution in [0.2, 0.25) is 0 Å². The van der Waals surface area contributed by atoms with Gasteiger partial charge in [-0.3, -0.25) is 9.59 Å². The quantitative estimate of drug-likeness (QED) is 0.850. The number of hydrogen-bond acceptors (Lipinski definition) is 3. The van der Waals surface area contributed by atoms with Gasteiger partial charge in [-0.2, -0.15) is 0 Å². The van der Waals surface area contributed by atoms with E-state index in [-0.39, 0.29) is 11.9 Å². The molecule has 0 aliphatic carbocycles. The van der Waals surface area contributed by atoms with Crippen molar-refractivity contribution in [2.24, 2.45) is 11.8 Å². The number of carbonyl (C=O) groups excluding carboxylic acids is 1. The fourth-order valence-corrected chi connectivity index (χ4v) is 4.85. The van der Waals surface area contributed by atoms with Crippen LogP contribution in [0.1, 0.15) is 17.2 Å². The number of likely N-dealkylation sites (tertiary alicyclic amines) is 1. The summed E-state index contributed by atoms with van der Waals surface area (Å²) in [4.78, 5) is 27.0. The van der Waals surface area contributed by atoms with E-state index in [0.29, 0.717) is 6.54 Å². The van der Waals surface area contributed by atoms with Gasteiger partial charge in [-0.1, -0.05) is 72.8 Å². The van der Waals surface area contributed by atoms with Crippen molar-refractivity contribution in [2.75, 3.05) is 6.54 Å². The Morgan fingerprint density at radius 2 is 1.67 bits per heavy atom. The zero-order valence-electron chi connectivity index (χ0n) is 14.6. The molecule has 27 heavy (non-hydrogen) atoms. The Morgan fingerprint density at radius 1 is 1.07 bits per heavy atom. The fraction of sp³-hybridized carbons (Fsp3) is 0.273. The minimum absolute atomic E-state index is 0.146. The Balaban J connectivity index is 1.59. The molecule has 2 aromatic carbocycles. The lowest BCUT2D eigenvalue weighted by molar-refractivity contribution is -0.148. The van der Waals surface area contributed by atoms with Gasteiger partial charge in [-0.15, -0.1) is 0 Å². The molecule has 2 aromatic rings. The number of carboxylic acid groups (broad SMARTS) is 1. The highest BCUT2D eigenvalue weighted by Gasteiger charge is 2.67. The predicted octanol–water partition coefficient (Wildman–Crippen LogP) is 2.64. The number of rotatable bonds is 4. The van der Waals surface area contributed by atoms with E-state index in [1.165, 1.54) is 0 Å². The summed E-state index contributed by atoms with van der Waals surface area (Å²) in [7, 11) is 0. The molecule has 1 N–H and O–H groups in total. The predicted molar refractivity (Wildman–Crippen MR) is 97.8 cm³/mol. The average molecular weight is 361 g/mol. The van der Waals surface area contributed by atoms with Gasteiger partial charge in [0.25, 0.3) is 0 Å². The Hall–Kier alpha value is -2.92. The van der Waals surface area contributed by atoms with Crippen LogP contribution < -0.4 is 0 Å². The molecule has 0 aromatic heterocycles. The molecule has 2 saturated heterocycles. The molecule has 0 radical (unpaired) electrons. The second-order valence-corrected chi connectivity index (χ2v) is 7.43. The number of nitrogens with zero attached hydrogens (tertiary/aromatic N) is 1. The van der Waals surface area contributed by atoms with Gasteiger partial charge in [0.05, 0.1) is 24.6 Å². The largest absolute Gasteiger partial charge is 0.481 e. The highest BCUT2D eigenvalue weighted by Crippen LogP contribution is 2.53. The van der Waals surface area contributed by atoms with Gasteiger partial charge < -0.3 is 14.7 Å². The Kier molecular flexibility index (Phi) is 3.49. The summed E-state index contributed by atoms with van der Waals surface area (Å²) in [5.41, 5.74) is 1.17. The third-order valence-electron chi connectivity index (χ3n) is 5.96. The van der Waals surface area contributed by atoms with Crippen molar-refractivity contribution >= 4 is 11.9 Å². The van der Waals surface area contributed by atoms with E-state index in [1.807, 2.05) is 66.7 Å². The van der Waals surface area contributed by atoms with Crippen LogP contribution in [0.3, 0.4) is 0 Å². The van der Waals surface area contributed by atoms with Crippen molar-refractivity contribution in [3.05, 3.63) is 83.9 Å². The number of ether oxygens (including phenoxy) is 1. The van der Waals surface area contributed by atoms with Crippen molar-refractivity contribution in [3.63, 3.8) is 0 Å². The van der Waals surface area contributed by atoms with Crippen LogP contribution in [0.5, 0.6) is 0 Å².